The van der Waals surface area contributed by atoms with Crippen LogP contribution in [0.3, 0.4) is 0 Å². The quantitative estimate of drug-likeness (QED) is 0.243. The van der Waals surface area contributed by atoms with Crippen molar-refractivity contribution < 1.29 is 29.5 Å². The van der Waals surface area contributed by atoms with Crippen LogP contribution in [0.25, 0.3) is 10.8 Å². The fraction of sp³-hybridized carbons (Fsp3) is 0.462. The van der Waals surface area contributed by atoms with Crippen LogP contribution in [0, 0.1) is 5.92 Å². The van der Waals surface area contributed by atoms with Gasteiger partial charge in [0, 0.05) is 39.6 Å². The Kier molecular flexibility index (Phi) is 11.9. The Morgan fingerprint density at radius 3 is 2.22 bits per heavy atom. The minimum Gasteiger partial charge on any atom is -0.387 e. The number of fused-ring (bicyclic) bond motifs is 1. The molecule has 1 heterocycles. The SMILES string of the molecule is CN1CCN(C(=O)CO)CC1.CNC(=O)[C@H](C)NC(=O)C(CC(=O)NO)Cc1ccc2ccccc2c1. The summed E-state index contributed by atoms with van der Waals surface area (Å²) in [5.74, 6) is -2.26. The third kappa shape index (κ3) is 9.45. The molecule has 11 heteroatoms. The van der Waals surface area contributed by atoms with E-state index in [1.54, 1.807) is 17.3 Å². The van der Waals surface area contributed by atoms with Crippen molar-refractivity contribution >= 4 is 34.4 Å². The number of rotatable bonds is 8. The van der Waals surface area contributed by atoms with Gasteiger partial charge in [-0.2, -0.15) is 0 Å². The molecule has 1 fully saturated rings. The lowest BCUT2D eigenvalue weighted by molar-refractivity contribution is -0.136. The molecule has 37 heavy (non-hydrogen) atoms. The number of benzene rings is 2. The Morgan fingerprint density at radius 1 is 0.973 bits per heavy atom. The van der Waals surface area contributed by atoms with Crippen molar-refractivity contribution in [3.8, 4) is 0 Å². The topological polar surface area (TPSA) is 151 Å². The number of nitrogens with zero attached hydrogens (tertiary/aromatic N) is 2. The van der Waals surface area contributed by atoms with Crippen molar-refractivity contribution in [3.63, 3.8) is 0 Å². The molecule has 5 N–H and O–H groups in total. The van der Waals surface area contributed by atoms with Gasteiger partial charge in [-0.15, -0.1) is 0 Å². The number of nitrogens with one attached hydrogen (secondary N) is 3. The van der Waals surface area contributed by atoms with Crippen LogP contribution < -0.4 is 16.1 Å². The molecule has 4 amide bonds. The maximum absolute atomic E-state index is 12.5. The zero-order valence-corrected chi connectivity index (χ0v) is 21.6. The molecule has 0 saturated carbocycles. The Morgan fingerprint density at radius 2 is 1.62 bits per heavy atom. The van der Waals surface area contributed by atoms with Gasteiger partial charge in [-0.05, 0) is 36.7 Å². The monoisotopic (exact) mass is 515 g/mol. The number of hydrogen-bond acceptors (Lipinski definition) is 7. The first-order valence-electron chi connectivity index (χ1n) is 12.2. The van der Waals surface area contributed by atoms with E-state index in [4.69, 9.17) is 10.3 Å². The first-order chi connectivity index (χ1) is 17.7. The van der Waals surface area contributed by atoms with Crippen molar-refractivity contribution in [2.45, 2.75) is 25.8 Å². The molecule has 1 unspecified atom stereocenters. The second kappa shape index (κ2) is 14.9. The molecule has 202 valence electrons. The summed E-state index contributed by atoms with van der Waals surface area (Å²) in [4.78, 5) is 50.5. The average molecular weight is 516 g/mol. The lowest BCUT2D eigenvalue weighted by Crippen LogP contribution is -2.48. The third-order valence-electron chi connectivity index (χ3n) is 6.21. The van der Waals surface area contributed by atoms with Gasteiger partial charge in [0.25, 0.3) is 0 Å². The van der Waals surface area contributed by atoms with E-state index < -0.39 is 23.8 Å². The van der Waals surface area contributed by atoms with Crippen LogP contribution in [0.5, 0.6) is 0 Å². The van der Waals surface area contributed by atoms with Gasteiger partial charge in [-0.1, -0.05) is 42.5 Å². The molecule has 0 aliphatic carbocycles. The van der Waals surface area contributed by atoms with E-state index in [9.17, 15) is 19.2 Å². The normalized spacial score (nSPS) is 15.1. The van der Waals surface area contributed by atoms with Crippen molar-refractivity contribution in [1.82, 2.24) is 25.9 Å². The lowest BCUT2D eigenvalue weighted by atomic mass is 9.93. The zero-order chi connectivity index (χ0) is 27.4. The van der Waals surface area contributed by atoms with Gasteiger partial charge in [-0.3, -0.25) is 24.4 Å². The molecular weight excluding hydrogens is 478 g/mol. The largest absolute Gasteiger partial charge is 0.387 e. The highest BCUT2D eigenvalue weighted by Crippen LogP contribution is 2.19. The van der Waals surface area contributed by atoms with Gasteiger partial charge in [0.2, 0.25) is 23.6 Å². The fourth-order valence-corrected chi connectivity index (χ4v) is 3.95. The van der Waals surface area contributed by atoms with Crippen molar-refractivity contribution in [1.29, 1.82) is 0 Å². The minimum absolute atomic E-state index is 0.155. The van der Waals surface area contributed by atoms with Crippen LogP contribution >= 0.6 is 0 Å². The smallest absolute Gasteiger partial charge is 0.248 e. The molecule has 1 aliphatic heterocycles. The van der Waals surface area contributed by atoms with Crippen LogP contribution in [0.2, 0.25) is 0 Å². The first kappa shape index (κ1) is 29.7. The van der Waals surface area contributed by atoms with E-state index in [0.717, 1.165) is 42.5 Å². The summed E-state index contributed by atoms with van der Waals surface area (Å²) >= 11 is 0. The average Bonchev–Trinajstić information content (AvgIpc) is 2.92. The number of aliphatic hydroxyl groups is 1. The van der Waals surface area contributed by atoms with E-state index in [-0.39, 0.29) is 24.8 Å². The van der Waals surface area contributed by atoms with E-state index >= 15 is 0 Å². The Hall–Kier alpha value is -3.54. The second-order valence-corrected chi connectivity index (χ2v) is 9.01. The molecule has 11 nitrogen and oxygen atoms in total. The number of carbonyl (C=O) groups is 4. The van der Waals surface area contributed by atoms with Crippen LogP contribution in [-0.2, 0) is 25.6 Å². The molecule has 3 rings (SSSR count). The van der Waals surface area contributed by atoms with Crippen molar-refractivity contribution in [3.05, 3.63) is 48.0 Å². The number of aliphatic hydroxyl groups excluding tert-OH is 1. The lowest BCUT2D eigenvalue weighted by Gasteiger charge is -2.31. The Labute approximate surface area is 216 Å². The standard InChI is InChI=1S/C19H23N3O4.C7H14N2O2/c1-12(18(24)20-2)21-19(25)16(11-17(23)22-26)10-13-7-8-14-5-3-4-6-15(14)9-13;1-8-2-4-9(5-3-8)7(11)6-10/h3-9,12,16,26H,10-11H2,1-2H3,(H,20,24)(H,21,25)(H,22,23);10H,2-6H2,1H3/t12-,16?;/m0./s1. The molecule has 1 saturated heterocycles. The summed E-state index contributed by atoms with van der Waals surface area (Å²) < 4.78 is 0. The number of likely N-dealkylation sites (N-methyl/N-ethyl adjacent to an activating group) is 2. The molecule has 0 aromatic heterocycles. The predicted octanol–water partition coefficient (Wildman–Crippen LogP) is -0.103. The molecule has 0 spiro atoms. The number of carbonyl (C=O) groups excluding carboxylic acids is 4. The van der Waals surface area contributed by atoms with E-state index in [1.165, 1.54) is 7.05 Å². The Bertz CT molecular complexity index is 1070. The van der Waals surface area contributed by atoms with Crippen molar-refractivity contribution in [2.24, 2.45) is 5.92 Å². The van der Waals surface area contributed by atoms with E-state index in [2.05, 4.69) is 15.5 Å². The third-order valence-corrected chi connectivity index (χ3v) is 6.21. The highest BCUT2D eigenvalue weighted by molar-refractivity contribution is 5.90. The molecule has 2 aromatic rings. The first-order valence-corrected chi connectivity index (χ1v) is 12.2. The Balaban J connectivity index is 0.000000364. The van der Waals surface area contributed by atoms with Gasteiger partial charge >= 0.3 is 0 Å². The molecule has 0 radical (unpaired) electrons. The molecule has 1 aliphatic rings. The molecule has 2 aromatic carbocycles. The van der Waals surface area contributed by atoms with E-state index in [1.807, 2.05) is 49.5 Å². The second-order valence-electron chi connectivity index (χ2n) is 9.01. The number of amides is 4. The summed E-state index contributed by atoms with van der Waals surface area (Å²) in [6.07, 6.45) is 0.125. The summed E-state index contributed by atoms with van der Waals surface area (Å²) in [6.45, 7) is 4.52. The number of hydroxylamine groups is 1. The van der Waals surface area contributed by atoms with Gasteiger partial charge in [0.1, 0.15) is 12.6 Å². The van der Waals surface area contributed by atoms with Gasteiger partial charge in [0.15, 0.2) is 0 Å². The minimum atomic E-state index is -0.719. The van der Waals surface area contributed by atoms with Gasteiger partial charge in [0.05, 0.1) is 5.92 Å². The van der Waals surface area contributed by atoms with Crippen LogP contribution in [0.15, 0.2) is 42.5 Å². The molecular formula is C26H37N5O6. The highest BCUT2D eigenvalue weighted by atomic mass is 16.5. The summed E-state index contributed by atoms with van der Waals surface area (Å²) in [6, 6.07) is 13.0. The fourth-order valence-electron chi connectivity index (χ4n) is 3.95. The maximum atomic E-state index is 12.5. The molecule has 2 atom stereocenters. The summed E-state index contributed by atoms with van der Waals surface area (Å²) in [5.41, 5.74) is 2.45. The summed E-state index contributed by atoms with van der Waals surface area (Å²) in [7, 11) is 3.51. The van der Waals surface area contributed by atoms with Crippen LogP contribution in [0.1, 0.15) is 18.9 Å². The van der Waals surface area contributed by atoms with E-state index in [0.29, 0.717) is 6.42 Å². The van der Waals surface area contributed by atoms with Crippen molar-refractivity contribution in [2.75, 3.05) is 46.9 Å². The van der Waals surface area contributed by atoms with Gasteiger partial charge in [-0.25, -0.2) is 5.48 Å². The zero-order valence-electron chi connectivity index (χ0n) is 21.6. The number of hydrogen-bond donors (Lipinski definition) is 5. The summed E-state index contributed by atoms with van der Waals surface area (Å²) in [5, 5.41) is 24.5. The maximum Gasteiger partial charge on any atom is 0.248 e. The van der Waals surface area contributed by atoms with Crippen LogP contribution in [-0.4, -0.2) is 96.7 Å². The highest BCUT2D eigenvalue weighted by Gasteiger charge is 2.25. The predicted molar refractivity (Wildman–Crippen MR) is 139 cm³/mol. The van der Waals surface area contributed by atoms with Gasteiger partial charge < -0.3 is 25.5 Å². The molecule has 0 bridgehead atoms. The number of piperazine rings is 1. The van der Waals surface area contributed by atoms with Crippen LogP contribution in [0.4, 0.5) is 0 Å².